The molecule has 26 heavy (non-hydrogen) atoms. The number of fused-ring (bicyclic) bond motifs is 3. The van der Waals surface area contributed by atoms with Gasteiger partial charge >= 0.3 is 5.97 Å². The molecule has 4 aromatic rings. The molecule has 1 N–H and O–H groups in total. The maximum absolute atomic E-state index is 12.3. The molecule has 4 rings (SSSR count). The largest absolute Gasteiger partial charge is 0.465 e. The standard InChI is InChI=1S/C21H19N3O2/c1-13-8-10-15(11-9-13)22-18-12-14(2)19(21(25)26-3)20-23-16-6-4-5-7-17(16)24(18)20/h4-12,22H,1-3H3. The Hall–Kier alpha value is -3.34. The molecule has 5 nitrogen and oxygen atoms in total. The van der Waals surface area contributed by atoms with Crippen LogP contribution in [0, 0.1) is 13.8 Å². The van der Waals surface area contributed by atoms with Crippen LogP contribution in [0.5, 0.6) is 0 Å². The first-order valence-corrected chi connectivity index (χ1v) is 8.41. The molecular weight excluding hydrogens is 326 g/mol. The molecule has 0 unspecified atom stereocenters. The van der Waals surface area contributed by atoms with Crippen molar-refractivity contribution >= 4 is 34.2 Å². The molecule has 0 aliphatic carbocycles. The molecule has 0 amide bonds. The van der Waals surface area contributed by atoms with Gasteiger partial charge in [-0.1, -0.05) is 29.8 Å². The summed E-state index contributed by atoms with van der Waals surface area (Å²) in [5.41, 5.74) is 5.82. The predicted molar refractivity (Wildman–Crippen MR) is 103 cm³/mol. The van der Waals surface area contributed by atoms with Crippen LogP contribution in [-0.4, -0.2) is 22.5 Å². The van der Waals surface area contributed by atoms with Gasteiger partial charge in [0.1, 0.15) is 11.4 Å². The molecule has 0 saturated carbocycles. The summed E-state index contributed by atoms with van der Waals surface area (Å²) < 4.78 is 6.95. The number of pyridine rings is 1. The van der Waals surface area contributed by atoms with E-state index in [2.05, 4.69) is 29.4 Å². The Labute approximate surface area is 151 Å². The predicted octanol–water partition coefficient (Wildman–Crippen LogP) is 4.63. The Kier molecular flexibility index (Phi) is 3.84. The fourth-order valence-electron chi connectivity index (χ4n) is 3.19. The van der Waals surface area contributed by atoms with Crippen LogP contribution in [0.1, 0.15) is 21.5 Å². The third-order valence-corrected chi connectivity index (χ3v) is 4.49. The first kappa shape index (κ1) is 16.1. The minimum atomic E-state index is -0.385. The number of anilines is 2. The van der Waals surface area contributed by atoms with Crippen molar-refractivity contribution in [2.75, 3.05) is 12.4 Å². The van der Waals surface area contributed by atoms with E-state index in [0.29, 0.717) is 11.2 Å². The molecule has 0 spiro atoms. The Bertz CT molecular complexity index is 1130. The van der Waals surface area contributed by atoms with Crippen molar-refractivity contribution in [3.63, 3.8) is 0 Å². The number of hydrogen-bond acceptors (Lipinski definition) is 4. The molecule has 0 saturated heterocycles. The molecule has 130 valence electrons. The topological polar surface area (TPSA) is 55.6 Å². The Balaban J connectivity index is 2.00. The van der Waals surface area contributed by atoms with Gasteiger partial charge in [0.15, 0.2) is 5.65 Å². The molecule has 0 radical (unpaired) electrons. The van der Waals surface area contributed by atoms with E-state index in [0.717, 1.165) is 28.1 Å². The molecule has 0 aliphatic heterocycles. The van der Waals surface area contributed by atoms with E-state index in [9.17, 15) is 4.79 Å². The Morgan fingerprint density at radius 1 is 1.08 bits per heavy atom. The van der Waals surface area contributed by atoms with Crippen molar-refractivity contribution in [1.29, 1.82) is 0 Å². The molecular formula is C21H19N3O2. The lowest BCUT2D eigenvalue weighted by molar-refractivity contribution is 0.0601. The number of rotatable bonds is 3. The molecule has 0 atom stereocenters. The fraction of sp³-hybridized carbons (Fsp3) is 0.143. The number of imidazole rings is 1. The molecule has 0 aliphatic rings. The highest BCUT2D eigenvalue weighted by atomic mass is 16.5. The second-order valence-corrected chi connectivity index (χ2v) is 6.33. The number of para-hydroxylation sites is 2. The van der Waals surface area contributed by atoms with E-state index in [1.54, 1.807) is 0 Å². The lowest BCUT2D eigenvalue weighted by Gasteiger charge is -2.14. The number of hydrogen-bond donors (Lipinski definition) is 1. The number of methoxy groups -OCH3 is 1. The quantitative estimate of drug-likeness (QED) is 0.550. The highest BCUT2D eigenvalue weighted by Crippen LogP contribution is 2.29. The summed E-state index contributed by atoms with van der Waals surface area (Å²) in [6.45, 7) is 3.95. The Morgan fingerprint density at radius 2 is 1.81 bits per heavy atom. The molecule has 2 heterocycles. The number of carbonyl (C=O) groups is 1. The minimum absolute atomic E-state index is 0.385. The van der Waals surface area contributed by atoms with Gasteiger partial charge in [-0.05, 0) is 49.7 Å². The Morgan fingerprint density at radius 3 is 2.54 bits per heavy atom. The summed E-state index contributed by atoms with van der Waals surface area (Å²) in [5, 5.41) is 3.45. The fourth-order valence-corrected chi connectivity index (χ4v) is 3.19. The normalized spacial score (nSPS) is 11.0. The third-order valence-electron chi connectivity index (χ3n) is 4.49. The highest BCUT2D eigenvalue weighted by Gasteiger charge is 2.20. The van der Waals surface area contributed by atoms with E-state index in [1.165, 1.54) is 12.7 Å². The van der Waals surface area contributed by atoms with Crippen molar-refractivity contribution in [3.8, 4) is 0 Å². The average molecular weight is 345 g/mol. The van der Waals surface area contributed by atoms with Gasteiger partial charge in [0.2, 0.25) is 0 Å². The van der Waals surface area contributed by atoms with Crippen LogP contribution in [0.4, 0.5) is 11.5 Å². The van der Waals surface area contributed by atoms with E-state index in [-0.39, 0.29) is 5.97 Å². The van der Waals surface area contributed by atoms with Gasteiger partial charge < -0.3 is 10.1 Å². The smallest absolute Gasteiger partial charge is 0.341 e. The number of aromatic nitrogens is 2. The lowest BCUT2D eigenvalue weighted by atomic mass is 10.1. The summed E-state index contributed by atoms with van der Waals surface area (Å²) in [6.07, 6.45) is 0. The van der Waals surface area contributed by atoms with Gasteiger partial charge in [0.05, 0.1) is 18.1 Å². The van der Waals surface area contributed by atoms with Gasteiger partial charge in [-0.3, -0.25) is 4.40 Å². The number of esters is 1. The zero-order valence-corrected chi connectivity index (χ0v) is 14.9. The average Bonchev–Trinajstić information content (AvgIpc) is 3.02. The number of ether oxygens (including phenoxy) is 1. The molecule has 0 fully saturated rings. The van der Waals surface area contributed by atoms with Crippen LogP contribution in [0.3, 0.4) is 0 Å². The van der Waals surface area contributed by atoms with Gasteiger partial charge in [-0.25, -0.2) is 9.78 Å². The van der Waals surface area contributed by atoms with Crippen molar-refractivity contribution < 1.29 is 9.53 Å². The van der Waals surface area contributed by atoms with Gasteiger partial charge in [-0.15, -0.1) is 0 Å². The van der Waals surface area contributed by atoms with Gasteiger partial charge in [0, 0.05) is 5.69 Å². The SMILES string of the molecule is COC(=O)c1c(C)cc(Nc2ccc(C)cc2)n2c1nc1ccccc12. The van der Waals surface area contributed by atoms with Crippen LogP contribution in [0.2, 0.25) is 0 Å². The third kappa shape index (κ3) is 2.58. The number of benzene rings is 2. The van der Waals surface area contributed by atoms with Crippen LogP contribution < -0.4 is 5.32 Å². The molecule has 5 heteroatoms. The van der Waals surface area contributed by atoms with Crippen molar-refractivity contribution in [2.45, 2.75) is 13.8 Å². The number of nitrogens with zero attached hydrogens (tertiary/aromatic N) is 2. The monoisotopic (exact) mass is 345 g/mol. The molecule has 2 aromatic heterocycles. The first-order chi connectivity index (χ1) is 12.6. The van der Waals surface area contributed by atoms with Crippen LogP contribution in [0.15, 0.2) is 54.6 Å². The van der Waals surface area contributed by atoms with Gasteiger partial charge in [-0.2, -0.15) is 0 Å². The number of aryl methyl sites for hydroxylation is 2. The highest BCUT2D eigenvalue weighted by molar-refractivity contribution is 6.00. The van der Waals surface area contributed by atoms with Crippen LogP contribution >= 0.6 is 0 Å². The van der Waals surface area contributed by atoms with Crippen molar-refractivity contribution in [3.05, 3.63) is 71.3 Å². The van der Waals surface area contributed by atoms with Crippen LogP contribution in [0.25, 0.3) is 16.7 Å². The summed E-state index contributed by atoms with van der Waals surface area (Å²) >= 11 is 0. The zero-order valence-electron chi connectivity index (χ0n) is 14.9. The van der Waals surface area contributed by atoms with Crippen LogP contribution in [-0.2, 0) is 4.74 Å². The van der Waals surface area contributed by atoms with Crippen molar-refractivity contribution in [1.82, 2.24) is 9.38 Å². The summed E-state index contributed by atoms with van der Waals surface area (Å²) in [4.78, 5) is 17.0. The first-order valence-electron chi connectivity index (χ1n) is 8.41. The summed E-state index contributed by atoms with van der Waals surface area (Å²) in [6, 6.07) is 18.0. The number of nitrogens with one attached hydrogen (secondary N) is 1. The minimum Gasteiger partial charge on any atom is -0.465 e. The zero-order chi connectivity index (χ0) is 18.3. The molecule has 2 aromatic carbocycles. The second kappa shape index (κ2) is 6.19. The second-order valence-electron chi connectivity index (χ2n) is 6.33. The van der Waals surface area contributed by atoms with E-state index < -0.39 is 0 Å². The maximum atomic E-state index is 12.3. The maximum Gasteiger partial charge on any atom is 0.341 e. The lowest BCUT2D eigenvalue weighted by Crippen LogP contribution is -2.09. The molecule has 0 bridgehead atoms. The summed E-state index contributed by atoms with van der Waals surface area (Å²) in [5.74, 6) is 0.465. The van der Waals surface area contributed by atoms with E-state index >= 15 is 0 Å². The summed E-state index contributed by atoms with van der Waals surface area (Å²) in [7, 11) is 1.39. The van der Waals surface area contributed by atoms with E-state index in [4.69, 9.17) is 4.74 Å². The van der Waals surface area contributed by atoms with Crippen molar-refractivity contribution in [2.24, 2.45) is 0 Å². The van der Waals surface area contributed by atoms with Gasteiger partial charge in [0.25, 0.3) is 0 Å². The van der Waals surface area contributed by atoms with E-state index in [1.807, 2.05) is 53.8 Å². The number of carbonyl (C=O) groups excluding carboxylic acids is 1.